The standard InChI is InChI=1S/C24H55NO2Si2/c1-8-9-10-11-12-13-14-15-16-17-18-19-20-21-24(27-29(5,6)7)23(25)22-26-28(2,3)4/h23-24H,8-22,25H2,1-7H3/t23-,24-/m1/s1. The molecule has 3 nitrogen and oxygen atoms in total. The van der Waals surface area contributed by atoms with Crippen molar-refractivity contribution in [1.29, 1.82) is 0 Å². The molecule has 0 aromatic rings. The predicted octanol–water partition coefficient (Wildman–Crippen LogP) is 7.87. The number of hydrogen-bond donors (Lipinski definition) is 1. The van der Waals surface area contributed by atoms with E-state index in [0.29, 0.717) is 6.61 Å². The van der Waals surface area contributed by atoms with Crippen LogP contribution in [0.2, 0.25) is 39.3 Å². The fourth-order valence-corrected chi connectivity index (χ4v) is 5.52. The fourth-order valence-electron chi connectivity index (χ4n) is 3.63. The van der Waals surface area contributed by atoms with Crippen LogP contribution >= 0.6 is 0 Å². The Morgan fingerprint density at radius 2 is 1.03 bits per heavy atom. The molecule has 0 aromatic heterocycles. The van der Waals surface area contributed by atoms with Crippen molar-refractivity contribution in [3.8, 4) is 0 Å². The molecule has 0 radical (unpaired) electrons. The summed E-state index contributed by atoms with van der Waals surface area (Å²) in [5.41, 5.74) is 6.47. The molecule has 0 amide bonds. The lowest BCUT2D eigenvalue weighted by atomic mass is 10.0. The van der Waals surface area contributed by atoms with E-state index in [1.807, 2.05) is 0 Å². The van der Waals surface area contributed by atoms with E-state index in [2.05, 4.69) is 46.2 Å². The monoisotopic (exact) mass is 445 g/mol. The largest absolute Gasteiger partial charge is 0.416 e. The Balaban J connectivity index is 3.85. The Hall–Kier alpha value is 0.314. The Morgan fingerprint density at radius 1 is 0.621 bits per heavy atom. The van der Waals surface area contributed by atoms with Gasteiger partial charge in [-0.1, -0.05) is 90.4 Å². The highest BCUT2D eigenvalue weighted by Gasteiger charge is 2.27. The van der Waals surface area contributed by atoms with Crippen LogP contribution in [0.15, 0.2) is 0 Å². The van der Waals surface area contributed by atoms with Gasteiger partial charge in [0, 0.05) is 0 Å². The Bertz CT molecular complexity index is 367. The molecule has 0 aliphatic carbocycles. The summed E-state index contributed by atoms with van der Waals surface area (Å²) in [5.74, 6) is 0. The van der Waals surface area contributed by atoms with Crippen LogP contribution in [0.3, 0.4) is 0 Å². The van der Waals surface area contributed by atoms with Gasteiger partial charge >= 0.3 is 0 Å². The number of nitrogens with two attached hydrogens (primary N) is 1. The van der Waals surface area contributed by atoms with E-state index in [1.54, 1.807) is 0 Å². The molecule has 2 atom stereocenters. The zero-order chi connectivity index (χ0) is 22.2. The van der Waals surface area contributed by atoms with E-state index in [0.717, 1.165) is 6.42 Å². The lowest BCUT2D eigenvalue weighted by Crippen LogP contribution is -2.47. The molecular weight excluding hydrogens is 390 g/mol. The SMILES string of the molecule is CCCCCCCCCCCCCCC[C@@H](O[Si](C)(C)C)[C@H](N)CO[Si](C)(C)C. The summed E-state index contributed by atoms with van der Waals surface area (Å²) < 4.78 is 12.5. The average Bonchev–Trinajstić information content (AvgIpc) is 2.61. The topological polar surface area (TPSA) is 44.5 Å². The first-order valence-electron chi connectivity index (χ1n) is 12.6. The second kappa shape index (κ2) is 16.9. The molecule has 0 bridgehead atoms. The van der Waals surface area contributed by atoms with Gasteiger partial charge in [0.2, 0.25) is 0 Å². The summed E-state index contributed by atoms with van der Waals surface area (Å²) in [6, 6.07) is 0.00535. The summed E-state index contributed by atoms with van der Waals surface area (Å²) in [4.78, 5) is 0. The molecule has 0 aromatic carbocycles. The lowest BCUT2D eigenvalue weighted by molar-refractivity contribution is 0.118. The number of unbranched alkanes of at least 4 members (excludes halogenated alkanes) is 12. The Kier molecular flexibility index (Phi) is 17.1. The molecule has 0 saturated heterocycles. The molecule has 0 unspecified atom stereocenters. The van der Waals surface area contributed by atoms with Gasteiger partial charge in [0.25, 0.3) is 0 Å². The minimum Gasteiger partial charge on any atom is -0.416 e. The zero-order valence-electron chi connectivity index (χ0n) is 21.2. The van der Waals surface area contributed by atoms with Gasteiger partial charge in [-0.3, -0.25) is 0 Å². The maximum absolute atomic E-state index is 6.47. The zero-order valence-corrected chi connectivity index (χ0v) is 23.2. The van der Waals surface area contributed by atoms with Crippen LogP contribution in [-0.4, -0.2) is 35.4 Å². The van der Waals surface area contributed by atoms with E-state index < -0.39 is 16.6 Å². The normalized spacial score (nSPS) is 14.9. The lowest BCUT2D eigenvalue weighted by Gasteiger charge is -2.32. The number of rotatable bonds is 20. The van der Waals surface area contributed by atoms with Crippen molar-refractivity contribution >= 4 is 16.6 Å². The summed E-state index contributed by atoms with van der Waals surface area (Å²) >= 11 is 0. The van der Waals surface area contributed by atoms with Gasteiger partial charge in [-0.05, 0) is 45.7 Å². The van der Waals surface area contributed by atoms with Crippen LogP contribution in [0, 0.1) is 0 Å². The highest BCUT2D eigenvalue weighted by Crippen LogP contribution is 2.18. The van der Waals surface area contributed by atoms with Crippen molar-refractivity contribution < 1.29 is 8.85 Å². The number of hydrogen-bond acceptors (Lipinski definition) is 3. The van der Waals surface area contributed by atoms with Crippen LogP contribution < -0.4 is 5.73 Å². The molecule has 0 aliphatic heterocycles. The van der Waals surface area contributed by atoms with Crippen molar-refractivity contribution in [3.05, 3.63) is 0 Å². The third-order valence-electron chi connectivity index (χ3n) is 5.28. The molecule has 29 heavy (non-hydrogen) atoms. The second-order valence-electron chi connectivity index (χ2n) is 10.9. The Morgan fingerprint density at radius 3 is 1.41 bits per heavy atom. The Labute approximate surface area is 186 Å². The molecule has 0 spiro atoms. The van der Waals surface area contributed by atoms with Crippen molar-refractivity contribution in [2.75, 3.05) is 6.61 Å². The molecule has 5 heteroatoms. The first-order chi connectivity index (χ1) is 13.5. The van der Waals surface area contributed by atoms with E-state index in [9.17, 15) is 0 Å². The molecule has 0 aliphatic rings. The maximum atomic E-state index is 6.47. The van der Waals surface area contributed by atoms with Crippen LogP contribution in [-0.2, 0) is 8.85 Å². The first-order valence-corrected chi connectivity index (χ1v) is 19.4. The summed E-state index contributed by atoms with van der Waals surface area (Å²) in [7, 11) is -3.11. The minimum atomic E-state index is -1.59. The highest BCUT2D eigenvalue weighted by atomic mass is 28.4. The molecule has 0 heterocycles. The van der Waals surface area contributed by atoms with Crippen LogP contribution in [0.5, 0.6) is 0 Å². The summed E-state index contributed by atoms with van der Waals surface area (Å²) in [6.45, 7) is 16.4. The van der Waals surface area contributed by atoms with Gasteiger partial charge in [0.05, 0.1) is 18.8 Å². The van der Waals surface area contributed by atoms with Gasteiger partial charge in [0.1, 0.15) is 0 Å². The molecule has 0 fully saturated rings. The highest BCUT2D eigenvalue weighted by molar-refractivity contribution is 6.70. The van der Waals surface area contributed by atoms with Gasteiger partial charge < -0.3 is 14.6 Å². The molecule has 176 valence electrons. The van der Waals surface area contributed by atoms with Crippen molar-refractivity contribution in [1.82, 2.24) is 0 Å². The van der Waals surface area contributed by atoms with E-state index in [1.165, 1.54) is 83.5 Å². The van der Waals surface area contributed by atoms with Crippen LogP contribution in [0.1, 0.15) is 96.8 Å². The van der Waals surface area contributed by atoms with Crippen molar-refractivity contribution in [3.63, 3.8) is 0 Å². The van der Waals surface area contributed by atoms with E-state index in [4.69, 9.17) is 14.6 Å². The van der Waals surface area contributed by atoms with Crippen molar-refractivity contribution in [2.24, 2.45) is 5.73 Å². The third-order valence-corrected chi connectivity index (χ3v) is 7.33. The van der Waals surface area contributed by atoms with E-state index in [-0.39, 0.29) is 12.1 Å². The summed E-state index contributed by atoms with van der Waals surface area (Å²) in [5, 5.41) is 0. The second-order valence-corrected chi connectivity index (χ2v) is 19.9. The molecule has 0 rings (SSSR count). The van der Waals surface area contributed by atoms with E-state index >= 15 is 0 Å². The van der Waals surface area contributed by atoms with Crippen LogP contribution in [0.4, 0.5) is 0 Å². The van der Waals surface area contributed by atoms with Gasteiger partial charge in [-0.15, -0.1) is 0 Å². The average molecular weight is 446 g/mol. The third kappa shape index (κ3) is 21.3. The predicted molar refractivity (Wildman–Crippen MR) is 136 cm³/mol. The maximum Gasteiger partial charge on any atom is 0.184 e. The molecule has 0 saturated carbocycles. The molecule has 2 N–H and O–H groups in total. The smallest absolute Gasteiger partial charge is 0.184 e. The first kappa shape index (κ1) is 29.3. The fraction of sp³-hybridized carbons (Fsp3) is 1.00. The van der Waals surface area contributed by atoms with Gasteiger partial charge in [-0.25, -0.2) is 0 Å². The quantitative estimate of drug-likeness (QED) is 0.153. The van der Waals surface area contributed by atoms with Gasteiger partial charge in [-0.2, -0.15) is 0 Å². The van der Waals surface area contributed by atoms with Gasteiger partial charge in [0.15, 0.2) is 16.6 Å². The minimum absolute atomic E-state index is 0.00535. The van der Waals surface area contributed by atoms with Crippen molar-refractivity contribution in [2.45, 2.75) is 148 Å². The summed E-state index contributed by atoms with van der Waals surface area (Å²) in [6.07, 6.45) is 19.3. The molecular formula is C24H55NO2Si2. The van der Waals surface area contributed by atoms with Crippen LogP contribution in [0.25, 0.3) is 0 Å².